The molecule has 1 atom stereocenters. The van der Waals surface area contributed by atoms with E-state index in [-0.39, 0.29) is 0 Å². The van der Waals surface area contributed by atoms with E-state index in [2.05, 4.69) is 23.1 Å². The van der Waals surface area contributed by atoms with E-state index in [1.165, 1.54) is 5.56 Å². The van der Waals surface area contributed by atoms with Crippen LogP contribution in [0.15, 0.2) is 37.2 Å². The van der Waals surface area contributed by atoms with Crippen molar-refractivity contribution in [3.63, 3.8) is 0 Å². The number of aromatic nitrogens is 1. The molecule has 16 heavy (non-hydrogen) atoms. The number of nitrogens with one attached hydrogen (secondary N) is 1. The van der Waals surface area contributed by atoms with Crippen molar-refractivity contribution in [2.45, 2.75) is 38.1 Å². The maximum atomic E-state index is 5.53. The number of nitrogens with zero attached hydrogens (tertiary/aromatic N) is 1. The average molecular weight is 219 g/mol. The molecule has 1 aromatic rings. The first-order valence-corrected chi connectivity index (χ1v) is 5.82. The Kier molecular flexibility index (Phi) is 6.45. The molecule has 0 aliphatic rings. The van der Waals surface area contributed by atoms with Gasteiger partial charge in [0.2, 0.25) is 0 Å². The molecular formula is C13H21N3. The van der Waals surface area contributed by atoms with Crippen LogP contribution < -0.4 is 11.3 Å². The van der Waals surface area contributed by atoms with Crippen molar-refractivity contribution in [3.8, 4) is 0 Å². The summed E-state index contributed by atoms with van der Waals surface area (Å²) in [6.07, 6.45) is 11.0. The molecule has 1 heterocycles. The number of allylic oxidation sites excluding steroid dienone is 1. The van der Waals surface area contributed by atoms with Crippen LogP contribution in [0.1, 0.15) is 31.2 Å². The number of unbranched alkanes of at least 4 members (excludes halogenated alkanes) is 1. The summed E-state index contributed by atoms with van der Waals surface area (Å²) in [7, 11) is 0. The highest BCUT2D eigenvalue weighted by Crippen LogP contribution is 2.08. The molecule has 0 amide bonds. The lowest BCUT2D eigenvalue weighted by molar-refractivity contribution is 0.453. The quantitative estimate of drug-likeness (QED) is 0.305. The number of hydrazine groups is 1. The van der Waals surface area contributed by atoms with Gasteiger partial charge >= 0.3 is 0 Å². The first kappa shape index (κ1) is 12.9. The van der Waals surface area contributed by atoms with Crippen LogP contribution in [0, 0.1) is 0 Å². The summed E-state index contributed by atoms with van der Waals surface area (Å²) in [4.78, 5) is 4.10. The summed E-state index contributed by atoms with van der Waals surface area (Å²) >= 11 is 0. The number of hydrogen-bond acceptors (Lipinski definition) is 3. The van der Waals surface area contributed by atoms with E-state index < -0.39 is 0 Å². The molecular weight excluding hydrogens is 198 g/mol. The molecule has 0 aromatic carbocycles. The van der Waals surface area contributed by atoms with Gasteiger partial charge in [0.25, 0.3) is 0 Å². The molecule has 3 N–H and O–H groups in total. The standard InChI is InChI=1S/C13H21N3/c1-2-3-4-7-13(16-14)9-8-12-6-5-10-15-11-12/h2,5-6,10-11,13,16H,1,3-4,7-9,14H2. The van der Waals surface area contributed by atoms with Crippen LogP contribution in [0.3, 0.4) is 0 Å². The van der Waals surface area contributed by atoms with Gasteiger partial charge in [-0.05, 0) is 43.7 Å². The van der Waals surface area contributed by atoms with Gasteiger partial charge in [0, 0.05) is 18.4 Å². The number of hydrogen-bond donors (Lipinski definition) is 2. The second kappa shape index (κ2) is 8.02. The topological polar surface area (TPSA) is 50.9 Å². The minimum Gasteiger partial charge on any atom is -0.271 e. The molecule has 0 saturated carbocycles. The first-order valence-electron chi connectivity index (χ1n) is 5.82. The summed E-state index contributed by atoms with van der Waals surface area (Å²) in [5.41, 5.74) is 4.15. The molecule has 3 nitrogen and oxygen atoms in total. The fourth-order valence-corrected chi connectivity index (χ4v) is 1.71. The summed E-state index contributed by atoms with van der Waals surface area (Å²) < 4.78 is 0. The maximum absolute atomic E-state index is 5.53. The fourth-order valence-electron chi connectivity index (χ4n) is 1.71. The molecule has 3 heteroatoms. The Hall–Kier alpha value is -1.19. The lowest BCUT2D eigenvalue weighted by atomic mass is 10.0. The number of aryl methyl sites for hydroxylation is 1. The minimum atomic E-state index is 0.389. The van der Waals surface area contributed by atoms with Gasteiger partial charge in [-0.25, -0.2) is 0 Å². The van der Waals surface area contributed by atoms with Crippen molar-refractivity contribution in [2.75, 3.05) is 0 Å². The highest BCUT2D eigenvalue weighted by Gasteiger charge is 2.05. The van der Waals surface area contributed by atoms with Gasteiger partial charge in [0.15, 0.2) is 0 Å². The molecule has 1 unspecified atom stereocenters. The van der Waals surface area contributed by atoms with Gasteiger partial charge in [-0.2, -0.15) is 0 Å². The molecule has 0 saturated heterocycles. The largest absolute Gasteiger partial charge is 0.271 e. The lowest BCUT2D eigenvalue weighted by Gasteiger charge is -2.14. The fraction of sp³-hybridized carbons (Fsp3) is 0.462. The number of pyridine rings is 1. The molecule has 1 aromatic heterocycles. The first-order chi connectivity index (χ1) is 7.86. The monoisotopic (exact) mass is 219 g/mol. The number of nitrogens with two attached hydrogens (primary N) is 1. The molecule has 0 fully saturated rings. The minimum absolute atomic E-state index is 0.389. The third kappa shape index (κ3) is 5.05. The molecule has 0 aliphatic heterocycles. The maximum Gasteiger partial charge on any atom is 0.0299 e. The van der Waals surface area contributed by atoms with Gasteiger partial charge in [-0.15, -0.1) is 6.58 Å². The van der Waals surface area contributed by atoms with Crippen molar-refractivity contribution < 1.29 is 0 Å². The summed E-state index contributed by atoms with van der Waals surface area (Å²) in [6.45, 7) is 3.72. The van der Waals surface area contributed by atoms with Crippen LogP contribution in [0.5, 0.6) is 0 Å². The van der Waals surface area contributed by atoms with Crippen molar-refractivity contribution >= 4 is 0 Å². The predicted molar refractivity (Wildman–Crippen MR) is 67.7 cm³/mol. The zero-order valence-corrected chi connectivity index (χ0v) is 9.73. The van der Waals surface area contributed by atoms with E-state index in [4.69, 9.17) is 5.84 Å². The van der Waals surface area contributed by atoms with E-state index in [1.807, 2.05) is 18.3 Å². The van der Waals surface area contributed by atoms with Crippen molar-refractivity contribution in [1.82, 2.24) is 10.4 Å². The van der Waals surface area contributed by atoms with E-state index >= 15 is 0 Å². The van der Waals surface area contributed by atoms with Crippen LogP contribution in [-0.4, -0.2) is 11.0 Å². The second-order valence-electron chi connectivity index (χ2n) is 3.98. The van der Waals surface area contributed by atoms with Crippen LogP contribution in [-0.2, 0) is 6.42 Å². The SMILES string of the molecule is C=CCCCC(CCc1cccnc1)NN. The number of rotatable bonds is 8. The van der Waals surface area contributed by atoms with Gasteiger partial charge in [-0.1, -0.05) is 12.1 Å². The Morgan fingerprint density at radius 2 is 2.38 bits per heavy atom. The van der Waals surface area contributed by atoms with E-state index in [0.29, 0.717) is 6.04 Å². The Balaban J connectivity index is 2.25. The van der Waals surface area contributed by atoms with Crippen molar-refractivity contribution in [3.05, 3.63) is 42.7 Å². The van der Waals surface area contributed by atoms with Gasteiger partial charge in [-0.3, -0.25) is 16.3 Å². The summed E-state index contributed by atoms with van der Waals surface area (Å²) in [6, 6.07) is 4.46. The average Bonchev–Trinajstić information content (AvgIpc) is 2.35. The highest BCUT2D eigenvalue weighted by molar-refractivity contribution is 5.08. The van der Waals surface area contributed by atoms with Gasteiger partial charge in [0.1, 0.15) is 0 Å². The van der Waals surface area contributed by atoms with Crippen LogP contribution in [0.2, 0.25) is 0 Å². The van der Waals surface area contributed by atoms with Crippen molar-refractivity contribution in [2.24, 2.45) is 5.84 Å². The van der Waals surface area contributed by atoms with E-state index in [1.54, 1.807) is 6.20 Å². The van der Waals surface area contributed by atoms with Crippen LogP contribution in [0.4, 0.5) is 0 Å². The third-order valence-electron chi connectivity index (χ3n) is 2.70. The van der Waals surface area contributed by atoms with Crippen LogP contribution in [0.25, 0.3) is 0 Å². The summed E-state index contributed by atoms with van der Waals surface area (Å²) in [5, 5.41) is 0. The van der Waals surface area contributed by atoms with Crippen molar-refractivity contribution in [1.29, 1.82) is 0 Å². The smallest absolute Gasteiger partial charge is 0.0299 e. The third-order valence-corrected chi connectivity index (χ3v) is 2.70. The second-order valence-corrected chi connectivity index (χ2v) is 3.98. The molecule has 0 aliphatic carbocycles. The summed E-state index contributed by atoms with van der Waals surface area (Å²) in [5.74, 6) is 5.53. The lowest BCUT2D eigenvalue weighted by Crippen LogP contribution is -2.35. The zero-order valence-electron chi connectivity index (χ0n) is 9.73. The molecule has 0 radical (unpaired) electrons. The van der Waals surface area contributed by atoms with Gasteiger partial charge < -0.3 is 0 Å². The van der Waals surface area contributed by atoms with Crippen LogP contribution >= 0.6 is 0 Å². The molecule has 0 bridgehead atoms. The Morgan fingerprint density at radius 3 is 3.00 bits per heavy atom. The Morgan fingerprint density at radius 1 is 1.50 bits per heavy atom. The van der Waals surface area contributed by atoms with E-state index in [0.717, 1.165) is 32.1 Å². The zero-order chi connectivity index (χ0) is 11.6. The van der Waals surface area contributed by atoms with Gasteiger partial charge in [0.05, 0.1) is 0 Å². The normalized spacial score (nSPS) is 12.3. The molecule has 1 rings (SSSR count). The molecule has 0 spiro atoms. The van der Waals surface area contributed by atoms with E-state index in [9.17, 15) is 0 Å². The Bertz CT molecular complexity index is 284. The predicted octanol–water partition coefficient (Wildman–Crippen LogP) is 2.20. The molecule has 88 valence electrons. The Labute approximate surface area is 97.7 Å². The highest BCUT2D eigenvalue weighted by atomic mass is 15.2.